The van der Waals surface area contributed by atoms with Crippen molar-refractivity contribution in [3.8, 4) is 5.75 Å². The molecule has 0 aromatic heterocycles. The zero-order valence-electron chi connectivity index (χ0n) is 13.7. The van der Waals surface area contributed by atoms with Gasteiger partial charge in [-0.3, -0.25) is 4.90 Å². The van der Waals surface area contributed by atoms with Crippen LogP contribution >= 0.6 is 0 Å². The number of aliphatic hydroxyl groups excluding tert-OH is 1. The van der Waals surface area contributed by atoms with E-state index in [9.17, 15) is 9.50 Å². The summed E-state index contributed by atoms with van der Waals surface area (Å²) >= 11 is 0. The van der Waals surface area contributed by atoms with Crippen molar-refractivity contribution in [2.75, 3.05) is 13.7 Å². The van der Waals surface area contributed by atoms with E-state index < -0.39 is 0 Å². The van der Waals surface area contributed by atoms with Crippen LogP contribution in [0.3, 0.4) is 0 Å². The highest BCUT2D eigenvalue weighted by molar-refractivity contribution is 5.27. The van der Waals surface area contributed by atoms with E-state index in [0.29, 0.717) is 19.5 Å². The van der Waals surface area contributed by atoms with Gasteiger partial charge in [-0.05, 0) is 41.8 Å². The van der Waals surface area contributed by atoms with Crippen molar-refractivity contribution in [2.45, 2.75) is 32.5 Å². The molecule has 0 spiro atoms. The fraction of sp³-hybridized carbons (Fsp3) is 0.368. The smallest absolute Gasteiger partial charge is 0.123 e. The van der Waals surface area contributed by atoms with Gasteiger partial charge in [0, 0.05) is 19.6 Å². The summed E-state index contributed by atoms with van der Waals surface area (Å²) in [6.45, 7) is 3.94. The van der Waals surface area contributed by atoms with Crippen molar-refractivity contribution in [1.82, 2.24) is 4.90 Å². The Hall–Kier alpha value is -1.91. The van der Waals surface area contributed by atoms with Crippen molar-refractivity contribution < 1.29 is 14.2 Å². The van der Waals surface area contributed by atoms with Gasteiger partial charge < -0.3 is 9.84 Å². The Kier molecular flexibility index (Phi) is 6.56. The Balaban J connectivity index is 2.07. The summed E-state index contributed by atoms with van der Waals surface area (Å²) in [4.78, 5) is 2.17. The minimum absolute atomic E-state index is 0.232. The molecule has 0 radical (unpaired) electrons. The maximum Gasteiger partial charge on any atom is 0.123 e. The molecule has 2 aromatic carbocycles. The highest BCUT2D eigenvalue weighted by atomic mass is 19.1. The lowest BCUT2D eigenvalue weighted by Gasteiger charge is -2.25. The quantitative estimate of drug-likeness (QED) is 0.807. The Morgan fingerprint density at radius 3 is 2.00 bits per heavy atom. The van der Waals surface area contributed by atoms with E-state index in [0.717, 1.165) is 23.4 Å². The number of ether oxygens (including phenoxy) is 1. The second kappa shape index (κ2) is 8.65. The maximum absolute atomic E-state index is 13.0. The normalized spacial score (nSPS) is 12.4. The van der Waals surface area contributed by atoms with E-state index in [1.165, 1.54) is 12.1 Å². The van der Waals surface area contributed by atoms with Gasteiger partial charge in [-0.15, -0.1) is 0 Å². The second-order valence-corrected chi connectivity index (χ2v) is 5.71. The topological polar surface area (TPSA) is 32.7 Å². The fourth-order valence-electron chi connectivity index (χ4n) is 2.45. The summed E-state index contributed by atoms with van der Waals surface area (Å²) in [6, 6.07) is 14.4. The molecule has 2 aromatic rings. The van der Waals surface area contributed by atoms with Crippen LogP contribution in [0.1, 0.15) is 24.5 Å². The van der Waals surface area contributed by atoms with Crippen molar-refractivity contribution in [2.24, 2.45) is 0 Å². The first-order chi connectivity index (χ1) is 11.1. The molecule has 0 aliphatic rings. The van der Waals surface area contributed by atoms with E-state index in [-0.39, 0.29) is 11.9 Å². The van der Waals surface area contributed by atoms with E-state index in [4.69, 9.17) is 4.74 Å². The van der Waals surface area contributed by atoms with Crippen molar-refractivity contribution in [3.63, 3.8) is 0 Å². The molecule has 1 unspecified atom stereocenters. The Morgan fingerprint density at radius 1 is 1.00 bits per heavy atom. The van der Waals surface area contributed by atoms with E-state index in [1.807, 2.05) is 31.2 Å². The van der Waals surface area contributed by atoms with Gasteiger partial charge in [0.15, 0.2) is 0 Å². The first kappa shape index (κ1) is 17.4. The number of rotatable bonds is 8. The van der Waals surface area contributed by atoms with Gasteiger partial charge >= 0.3 is 0 Å². The molecule has 23 heavy (non-hydrogen) atoms. The van der Waals surface area contributed by atoms with Gasteiger partial charge in [0.1, 0.15) is 11.6 Å². The predicted molar refractivity (Wildman–Crippen MR) is 89.8 cm³/mol. The molecule has 1 N–H and O–H groups in total. The van der Waals surface area contributed by atoms with Gasteiger partial charge in [0.05, 0.1) is 13.2 Å². The van der Waals surface area contributed by atoms with Gasteiger partial charge in [0.25, 0.3) is 0 Å². The lowest BCUT2D eigenvalue weighted by atomic mass is 10.1. The van der Waals surface area contributed by atoms with Gasteiger partial charge in [-0.2, -0.15) is 0 Å². The van der Waals surface area contributed by atoms with Crippen LogP contribution in [0.5, 0.6) is 5.75 Å². The average Bonchev–Trinajstić information content (AvgIpc) is 2.57. The summed E-state index contributed by atoms with van der Waals surface area (Å²) in [6.07, 6.45) is 0.344. The second-order valence-electron chi connectivity index (χ2n) is 5.71. The molecule has 4 heteroatoms. The lowest BCUT2D eigenvalue weighted by molar-refractivity contribution is 0.101. The number of hydrogen-bond donors (Lipinski definition) is 1. The largest absolute Gasteiger partial charge is 0.497 e. The van der Waals surface area contributed by atoms with Crippen LogP contribution in [0.2, 0.25) is 0 Å². The molecule has 0 amide bonds. The maximum atomic E-state index is 13.0. The predicted octanol–water partition coefficient (Wildman–Crippen LogP) is 3.61. The first-order valence-electron chi connectivity index (χ1n) is 7.88. The third-order valence-corrected chi connectivity index (χ3v) is 3.82. The van der Waals surface area contributed by atoms with Crippen LogP contribution < -0.4 is 4.74 Å². The molecule has 1 atom stereocenters. The highest BCUT2D eigenvalue weighted by Gasteiger charge is 2.12. The SMILES string of the molecule is CCC(O)CN(Cc1ccc(F)cc1)Cc1ccc(OC)cc1. The number of benzene rings is 2. The third-order valence-electron chi connectivity index (χ3n) is 3.82. The summed E-state index contributed by atoms with van der Waals surface area (Å²) in [5.74, 6) is 0.594. The molecule has 0 bridgehead atoms. The lowest BCUT2D eigenvalue weighted by Crippen LogP contribution is -2.31. The molecule has 0 aliphatic carbocycles. The van der Waals surface area contributed by atoms with Crippen LogP contribution in [0, 0.1) is 5.82 Å². The molecule has 2 rings (SSSR count). The van der Waals surface area contributed by atoms with E-state index in [1.54, 1.807) is 19.2 Å². The molecule has 0 heterocycles. The number of nitrogens with zero attached hydrogens (tertiary/aromatic N) is 1. The Labute approximate surface area is 137 Å². The molecular weight excluding hydrogens is 293 g/mol. The van der Waals surface area contributed by atoms with E-state index in [2.05, 4.69) is 4.90 Å². The molecular formula is C19H24FNO2. The van der Waals surface area contributed by atoms with Crippen molar-refractivity contribution >= 4 is 0 Å². The molecule has 0 fully saturated rings. The van der Waals surface area contributed by atoms with Crippen LogP contribution in [-0.4, -0.2) is 29.8 Å². The third kappa shape index (κ3) is 5.66. The number of aliphatic hydroxyl groups is 1. The summed E-state index contributed by atoms with van der Waals surface area (Å²) < 4.78 is 18.2. The van der Waals surface area contributed by atoms with Gasteiger partial charge in [-0.25, -0.2) is 4.39 Å². The van der Waals surface area contributed by atoms with E-state index >= 15 is 0 Å². The minimum Gasteiger partial charge on any atom is -0.497 e. The minimum atomic E-state index is -0.367. The molecule has 0 aliphatic heterocycles. The molecule has 124 valence electrons. The fourth-order valence-corrected chi connectivity index (χ4v) is 2.45. The van der Waals surface area contributed by atoms with Gasteiger partial charge in [0.2, 0.25) is 0 Å². The van der Waals surface area contributed by atoms with Crippen LogP contribution in [0.15, 0.2) is 48.5 Å². The molecule has 0 saturated heterocycles. The Bertz CT molecular complexity index is 583. The van der Waals surface area contributed by atoms with Gasteiger partial charge in [-0.1, -0.05) is 31.2 Å². The summed E-state index contributed by atoms with van der Waals surface area (Å²) in [5, 5.41) is 9.99. The van der Waals surface area contributed by atoms with Crippen LogP contribution in [0.4, 0.5) is 4.39 Å². The monoisotopic (exact) mass is 317 g/mol. The Morgan fingerprint density at radius 2 is 1.52 bits per heavy atom. The number of methoxy groups -OCH3 is 1. The number of halogens is 1. The first-order valence-corrected chi connectivity index (χ1v) is 7.88. The zero-order chi connectivity index (χ0) is 16.7. The van der Waals surface area contributed by atoms with Crippen molar-refractivity contribution in [3.05, 3.63) is 65.5 Å². The van der Waals surface area contributed by atoms with Crippen LogP contribution in [-0.2, 0) is 13.1 Å². The zero-order valence-corrected chi connectivity index (χ0v) is 13.7. The highest BCUT2D eigenvalue weighted by Crippen LogP contribution is 2.15. The van der Waals surface area contributed by atoms with Crippen molar-refractivity contribution in [1.29, 1.82) is 0 Å². The average molecular weight is 317 g/mol. The molecule has 3 nitrogen and oxygen atoms in total. The summed E-state index contributed by atoms with van der Waals surface area (Å²) in [7, 11) is 1.65. The summed E-state index contributed by atoms with van der Waals surface area (Å²) in [5.41, 5.74) is 2.18. The van der Waals surface area contributed by atoms with Crippen LogP contribution in [0.25, 0.3) is 0 Å². The number of hydrogen-bond acceptors (Lipinski definition) is 3. The standard InChI is InChI=1S/C19H24FNO2/c1-3-18(22)14-21(12-15-4-8-17(20)9-5-15)13-16-6-10-19(23-2)11-7-16/h4-11,18,22H,3,12-14H2,1-2H3. The molecule has 0 saturated carbocycles.